The molecule has 0 bridgehead atoms. The largest absolute Gasteiger partial charge is 0.507 e. The fourth-order valence-corrected chi connectivity index (χ4v) is 2.97. The van der Waals surface area contributed by atoms with E-state index in [1.165, 1.54) is 24.6 Å². The Kier molecular flexibility index (Phi) is 5.34. The van der Waals surface area contributed by atoms with Crippen LogP contribution in [0, 0.1) is 3.57 Å². The molecule has 0 saturated carbocycles. The van der Waals surface area contributed by atoms with Crippen LogP contribution in [-0.2, 0) is 0 Å². The van der Waals surface area contributed by atoms with E-state index < -0.39 is 0 Å². The van der Waals surface area contributed by atoms with E-state index in [9.17, 15) is 9.90 Å². The number of anilines is 1. The van der Waals surface area contributed by atoms with Crippen molar-refractivity contribution < 1.29 is 9.90 Å². The molecule has 1 fully saturated rings. The number of nitrogens with zero attached hydrogens (tertiary/aromatic N) is 2. The summed E-state index contributed by atoms with van der Waals surface area (Å²) in [6.07, 6.45) is 4.12. The second kappa shape index (κ2) is 7.65. The first-order chi connectivity index (χ1) is 11.6. The lowest BCUT2D eigenvalue weighted by molar-refractivity contribution is 0.0954. The molecule has 1 saturated heterocycles. The van der Waals surface area contributed by atoms with Crippen molar-refractivity contribution >= 4 is 40.4 Å². The molecule has 1 amide bonds. The van der Waals surface area contributed by atoms with Crippen molar-refractivity contribution in [2.45, 2.75) is 12.8 Å². The van der Waals surface area contributed by atoms with Gasteiger partial charge in [-0.25, -0.2) is 5.43 Å². The number of hydrazone groups is 1. The van der Waals surface area contributed by atoms with Gasteiger partial charge in [-0.05, 0) is 71.3 Å². The number of phenolic OH excluding ortho intramolecular Hbond substituents is 1. The van der Waals surface area contributed by atoms with Gasteiger partial charge in [-0.2, -0.15) is 5.10 Å². The van der Waals surface area contributed by atoms with Gasteiger partial charge in [0, 0.05) is 24.3 Å². The zero-order valence-electron chi connectivity index (χ0n) is 13.1. The molecule has 0 aromatic heterocycles. The maximum Gasteiger partial charge on any atom is 0.271 e. The smallest absolute Gasteiger partial charge is 0.271 e. The molecule has 0 aliphatic carbocycles. The van der Waals surface area contributed by atoms with Crippen molar-refractivity contribution in [1.82, 2.24) is 5.43 Å². The molecule has 6 heteroatoms. The molecular formula is C18H18IN3O2. The van der Waals surface area contributed by atoms with Crippen LogP contribution >= 0.6 is 22.6 Å². The van der Waals surface area contributed by atoms with E-state index in [1.54, 1.807) is 18.3 Å². The van der Waals surface area contributed by atoms with Gasteiger partial charge in [-0.1, -0.05) is 12.1 Å². The van der Waals surface area contributed by atoms with Crippen molar-refractivity contribution in [3.8, 4) is 5.75 Å². The van der Waals surface area contributed by atoms with Crippen molar-refractivity contribution in [3.05, 3.63) is 57.2 Å². The summed E-state index contributed by atoms with van der Waals surface area (Å²) in [6, 6.07) is 12.9. The lowest BCUT2D eigenvalue weighted by atomic mass is 10.2. The Bertz CT molecular complexity index is 753. The quantitative estimate of drug-likeness (QED) is 0.440. The Hall–Kier alpha value is -2.09. The summed E-state index contributed by atoms with van der Waals surface area (Å²) < 4.78 is 0.700. The number of rotatable bonds is 4. The van der Waals surface area contributed by atoms with Crippen molar-refractivity contribution in [2.24, 2.45) is 5.10 Å². The van der Waals surface area contributed by atoms with Crippen LogP contribution < -0.4 is 10.3 Å². The molecule has 24 heavy (non-hydrogen) atoms. The third kappa shape index (κ3) is 4.05. The summed E-state index contributed by atoms with van der Waals surface area (Å²) >= 11 is 2.00. The van der Waals surface area contributed by atoms with E-state index in [4.69, 9.17) is 0 Å². The molecule has 0 unspecified atom stereocenters. The molecule has 1 aliphatic rings. The molecule has 0 radical (unpaired) electrons. The van der Waals surface area contributed by atoms with Gasteiger partial charge in [0.2, 0.25) is 0 Å². The van der Waals surface area contributed by atoms with Crippen molar-refractivity contribution in [3.63, 3.8) is 0 Å². The predicted octanol–water partition coefficient (Wildman–Crippen LogP) is 3.36. The van der Waals surface area contributed by atoms with Gasteiger partial charge in [0.05, 0.1) is 9.78 Å². The van der Waals surface area contributed by atoms with Crippen LogP contribution in [0.25, 0.3) is 0 Å². The van der Waals surface area contributed by atoms with Crippen LogP contribution in [0.2, 0.25) is 0 Å². The normalized spacial score (nSPS) is 14.3. The van der Waals surface area contributed by atoms with Gasteiger partial charge in [0.25, 0.3) is 5.91 Å². The van der Waals surface area contributed by atoms with Gasteiger partial charge in [0.15, 0.2) is 0 Å². The van der Waals surface area contributed by atoms with Crippen LogP contribution in [-0.4, -0.2) is 30.3 Å². The maximum atomic E-state index is 12.0. The molecule has 1 aliphatic heterocycles. The molecule has 0 spiro atoms. The Morgan fingerprint density at radius 3 is 2.54 bits per heavy atom. The monoisotopic (exact) mass is 435 g/mol. The standard InChI is InChI=1S/C18H18IN3O2/c19-16-8-5-14(11-17(16)23)18(24)21-20-12-13-3-6-15(7-4-13)22-9-1-2-10-22/h3-8,11-12,23H,1-2,9-10H2,(H,21,24)/b20-12-. The molecule has 1 heterocycles. The van der Waals surface area contributed by atoms with Gasteiger partial charge in [-0.15, -0.1) is 0 Å². The lowest BCUT2D eigenvalue weighted by Crippen LogP contribution is -2.18. The van der Waals surface area contributed by atoms with Crippen LogP contribution in [0.3, 0.4) is 0 Å². The zero-order chi connectivity index (χ0) is 16.9. The van der Waals surface area contributed by atoms with Crippen molar-refractivity contribution in [2.75, 3.05) is 18.0 Å². The molecule has 124 valence electrons. The number of nitrogens with one attached hydrogen (secondary N) is 1. The highest BCUT2D eigenvalue weighted by Gasteiger charge is 2.11. The molecule has 2 N–H and O–H groups in total. The molecule has 2 aromatic carbocycles. The minimum Gasteiger partial charge on any atom is -0.507 e. The van der Waals surface area contributed by atoms with Gasteiger partial charge in [-0.3, -0.25) is 4.79 Å². The number of amides is 1. The van der Waals surface area contributed by atoms with Crippen LogP contribution in [0.5, 0.6) is 5.75 Å². The number of halogens is 1. The van der Waals surface area contributed by atoms with E-state index in [1.807, 2.05) is 34.7 Å². The molecule has 2 aromatic rings. The second-order valence-electron chi connectivity index (χ2n) is 5.65. The summed E-state index contributed by atoms with van der Waals surface area (Å²) in [5.74, 6) is -0.267. The predicted molar refractivity (Wildman–Crippen MR) is 104 cm³/mol. The van der Waals surface area contributed by atoms with Gasteiger partial charge in [0.1, 0.15) is 5.75 Å². The van der Waals surface area contributed by atoms with Crippen molar-refractivity contribution in [1.29, 1.82) is 0 Å². The first-order valence-corrected chi connectivity index (χ1v) is 8.88. The number of hydrogen-bond donors (Lipinski definition) is 2. The van der Waals surface area contributed by atoms with Crippen LogP contribution in [0.4, 0.5) is 5.69 Å². The van der Waals surface area contributed by atoms with E-state index >= 15 is 0 Å². The number of benzene rings is 2. The molecule has 5 nitrogen and oxygen atoms in total. The summed E-state index contributed by atoms with van der Waals surface area (Å²) in [5, 5.41) is 13.6. The van der Waals surface area contributed by atoms with E-state index in [0.29, 0.717) is 9.13 Å². The van der Waals surface area contributed by atoms with E-state index in [-0.39, 0.29) is 11.7 Å². The summed E-state index contributed by atoms with van der Waals surface area (Å²) in [4.78, 5) is 14.3. The maximum absolute atomic E-state index is 12.0. The van der Waals surface area contributed by atoms with Crippen LogP contribution in [0.1, 0.15) is 28.8 Å². The average Bonchev–Trinajstić information content (AvgIpc) is 3.12. The summed E-state index contributed by atoms with van der Waals surface area (Å²) in [6.45, 7) is 2.23. The second-order valence-corrected chi connectivity index (χ2v) is 6.81. The van der Waals surface area contributed by atoms with E-state index in [0.717, 1.165) is 18.7 Å². The number of aromatic hydroxyl groups is 1. The molecule has 0 atom stereocenters. The highest BCUT2D eigenvalue weighted by Crippen LogP contribution is 2.21. The molecular weight excluding hydrogens is 417 g/mol. The highest BCUT2D eigenvalue weighted by molar-refractivity contribution is 14.1. The van der Waals surface area contributed by atoms with Gasteiger partial charge < -0.3 is 10.0 Å². The SMILES string of the molecule is O=C(N/N=C\c1ccc(N2CCCC2)cc1)c1ccc(I)c(O)c1. The Labute approximate surface area is 154 Å². The first kappa shape index (κ1) is 16.8. The fourth-order valence-electron chi connectivity index (χ4n) is 2.63. The number of carbonyl (C=O) groups excluding carboxylic acids is 1. The van der Waals surface area contributed by atoms with E-state index in [2.05, 4.69) is 27.6 Å². The fraction of sp³-hybridized carbons (Fsp3) is 0.222. The first-order valence-electron chi connectivity index (χ1n) is 7.80. The van der Waals surface area contributed by atoms with Crippen LogP contribution in [0.15, 0.2) is 47.6 Å². The summed E-state index contributed by atoms with van der Waals surface area (Å²) in [7, 11) is 0. The zero-order valence-corrected chi connectivity index (χ0v) is 15.2. The minimum atomic E-state index is -0.355. The Morgan fingerprint density at radius 1 is 1.17 bits per heavy atom. The number of carbonyl (C=O) groups is 1. The Morgan fingerprint density at radius 2 is 1.88 bits per heavy atom. The minimum absolute atomic E-state index is 0.0877. The number of hydrogen-bond acceptors (Lipinski definition) is 4. The Balaban J connectivity index is 1.59. The third-order valence-electron chi connectivity index (χ3n) is 3.95. The number of phenols is 1. The average molecular weight is 435 g/mol. The van der Waals surface area contributed by atoms with Gasteiger partial charge >= 0.3 is 0 Å². The highest BCUT2D eigenvalue weighted by atomic mass is 127. The topological polar surface area (TPSA) is 64.9 Å². The summed E-state index contributed by atoms with van der Waals surface area (Å²) in [5.41, 5.74) is 4.99. The third-order valence-corrected chi connectivity index (χ3v) is 4.86. The lowest BCUT2D eigenvalue weighted by Gasteiger charge is -2.17. The molecule has 3 rings (SSSR count).